The smallest absolute Gasteiger partial charge is 0.135 e. The fourth-order valence-corrected chi connectivity index (χ4v) is 7.82. The van der Waals surface area contributed by atoms with E-state index in [4.69, 9.17) is 4.42 Å². The molecule has 10 rings (SSSR count). The highest BCUT2D eigenvalue weighted by atomic mass is 16.3. The van der Waals surface area contributed by atoms with Crippen molar-refractivity contribution in [1.82, 2.24) is 9.13 Å². The summed E-state index contributed by atoms with van der Waals surface area (Å²) >= 11 is 0. The number of nitrogens with zero attached hydrogens (tertiary/aromatic N) is 2. The van der Waals surface area contributed by atoms with Crippen LogP contribution < -0.4 is 0 Å². The Morgan fingerprint density at radius 1 is 0.388 bits per heavy atom. The van der Waals surface area contributed by atoms with Crippen molar-refractivity contribution in [2.45, 2.75) is 26.2 Å². The molecule has 0 spiro atoms. The van der Waals surface area contributed by atoms with Gasteiger partial charge in [0.25, 0.3) is 0 Å². The molecule has 0 N–H and O–H groups in total. The maximum absolute atomic E-state index is 6.15. The number of furan rings is 1. The average molecular weight is 631 g/mol. The summed E-state index contributed by atoms with van der Waals surface area (Å²) in [5, 5.41) is 7.28. The van der Waals surface area contributed by atoms with E-state index in [1.54, 1.807) is 0 Å². The lowest BCUT2D eigenvalue weighted by atomic mass is 9.87. The number of fused-ring (bicyclic) bond motifs is 9. The van der Waals surface area contributed by atoms with Gasteiger partial charge in [-0.1, -0.05) is 99.6 Å². The van der Waals surface area contributed by atoms with Gasteiger partial charge in [-0.3, -0.25) is 0 Å². The molecule has 0 aliphatic rings. The Morgan fingerprint density at radius 3 is 1.49 bits per heavy atom. The quantitative estimate of drug-likeness (QED) is 0.190. The van der Waals surface area contributed by atoms with Gasteiger partial charge in [0.15, 0.2) is 0 Å². The molecule has 3 heterocycles. The van der Waals surface area contributed by atoms with Crippen LogP contribution in [0, 0.1) is 0 Å². The van der Waals surface area contributed by atoms with Crippen LogP contribution in [-0.4, -0.2) is 9.13 Å². The average Bonchev–Trinajstić information content (AvgIpc) is 3.78. The molecule has 0 radical (unpaired) electrons. The van der Waals surface area contributed by atoms with E-state index in [0.29, 0.717) is 0 Å². The van der Waals surface area contributed by atoms with Crippen LogP contribution in [-0.2, 0) is 5.41 Å². The fraction of sp³-hybridized carbons (Fsp3) is 0.0870. The summed E-state index contributed by atoms with van der Waals surface area (Å²) in [6, 6.07) is 55.2. The zero-order chi connectivity index (χ0) is 32.9. The van der Waals surface area contributed by atoms with Gasteiger partial charge in [-0.05, 0) is 94.9 Å². The Bertz CT molecular complexity index is 2910. The highest BCUT2D eigenvalue weighted by Crippen LogP contribution is 2.39. The van der Waals surface area contributed by atoms with Crippen LogP contribution in [0.4, 0.5) is 0 Å². The van der Waals surface area contributed by atoms with Crippen LogP contribution in [0.15, 0.2) is 156 Å². The first-order valence-corrected chi connectivity index (χ1v) is 17.0. The second-order valence-corrected chi connectivity index (χ2v) is 14.2. The summed E-state index contributed by atoms with van der Waals surface area (Å²) in [7, 11) is 0. The minimum Gasteiger partial charge on any atom is -0.456 e. The van der Waals surface area contributed by atoms with Gasteiger partial charge in [-0.2, -0.15) is 0 Å². The summed E-state index contributed by atoms with van der Waals surface area (Å²) < 4.78 is 10.9. The van der Waals surface area contributed by atoms with Crippen LogP contribution in [0.2, 0.25) is 0 Å². The van der Waals surface area contributed by atoms with E-state index in [1.807, 2.05) is 12.1 Å². The summed E-state index contributed by atoms with van der Waals surface area (Å²) in [5.41, 5.74) is 12.8. The normalized spacial score (nSPS) is 12.4. The molecular weight excluding hydrogens is 597 g/mol. The van der Waals surface area contributed by atoms with E-state index in [1.165, 1.54) is 66.0 Å². The van der Waals surface area contributed by atoms with E-state index >= 15 is 0 Å². The Hall–Kier alpha value is -6.06. The molecule has 234 valence electrons. The molecule has 0 fully saturated rings. The standard InChI is InChI=1S/C46H34N2O/c1-46(2,3)31-18-20-32(21-19-31)47-40-13-7-4-10-34(40)37-26-29(16-23-42(37)47)30-17-24-43-38(27-30)35-11-5-8-14-41(35)48(43)33-22-25-45-39(28-33)36-12-6-9-15-44(36)49-45/h4-28H,1-3H3. The third-order valence-electron chi connectivity index (χ3n) is 10.3. The minimum atomic E-state index is 0.115. The number of hydrogen-bond donors (Lipinski definition) is 0. The van der Waals surface area contributed by atoms with E-state index in [-0.39, 0.29) is 5.41 Å². The summed E-state index contributed by atoms with van der Waals surface area (Å²) in [4.78, 5) is 0. The van der Waals surface area contributed by atoms with Gasteiger partial charge in [0, 0.05) is 43.7 Å². The molecule has 3 nitrogen and oxygen atoms in total. The molecule has 0 bridgehead atoms. The maximum Gasteiger partial charge on any atom is 0.135 e. The second kappa shape index (κ2) is 10.2. The third kappa shape index (κ3) is 4.22. The number of benzene rings is 7. The van der Waals surface area contributed by atoms with Crippen molar-refractivity contribution in [3.05, 3.63) is 157 Å². The first kappa shape index (κ1) is 28.0. The lowest BCUT2D eigenvalue weighted by molar-refractivity contribution is 0.590. The predicted molar refractivity (Wildman–Crippen MR) is 207 cm³/mol. The summed E-state index contributed by atoms with van der Waals surface area (Å²) in [6.45, 7) is 6.79. The lowest BCUT2D eigenvalue weighted by Gasteiger charge is -2.19. The molecule has 3 aromatic heterocycles. The Labute approximate surface area is 284 Å². The van der Waals surface area contributed by atoms with Crippen LogP contribution in [0.25, 0.3) is 88.1 Å². The molecule has 0 aliphatic heterocycles. The van der Waals surface area contributed by atoms with Crippen LogP contribution >= 0.6 is 0 Å². The van der Waals surface area contributed by atoms with E-state index < -0.39 is 0 Å². The molecule has 7 aromatic carbocycles. The van der Waals surface area contributed by atoms with Gasteiger partial charge in [0.2, 0.25) is 0 Å². The summed E-state index contributed by atoms with van der Waals surface area (Å²) in [6.07, 6.45) is 0. The molecule has 0 amide bonds. The topological polar surface area (TPSA) is 23.0 Å². The van der Waals surface area contributed by atoms with Gasteiger partial charge >= 0.3 is 0 Å². The largest absolute Gasteiger partial charge is 0.456 e. The van der Waals surface area contributed by atoms with Gasteiger partial charge in [0.05, 0.1) is 22.1 Å². The monoisotopic (exact) mass is 630 g/mol. The Balaban J connectivity index is 1.14. The molecule has 49 heavy (non-hydrogen) atoms. The number of para-hydroxylation sites is 3. The van der Waals surface area contributed by atoms with Gasteiger partial charge in [-0.15, -0.1) is 0 Å². The molecule has 0 saturated heterocycles. The molecular formula is C46H34N2O. The maximum atomic E-state index is 6.15. The van der Waals surface area contributed by atoms with Crippen molar-refractivity contribution in [3.8, 4) is 22.5 Å². The lowest BCUT2D eigenvalue weighted by Crippen LogP contribution is -2.10. The summed E-state index contributed by atoms with van der Waals surface area (Å²) in [5.74, 6) is 0. The molecule has 0 saturated carbocycles. The minimum absolute atomic E-state index is 0.115. The molecule has 10 aromatic rings. The van der Waals surface area contributed by atoms with Gasteiger partial charge in [0.1, 0.15) is 11.2 Å². The van der Waals surface area contributed by atoms with Crippen molar-refractivity contribution >= 4 is 65.6 Å². The SMILES string of the molecule is CC(C)(C)c1ccc(-n2c3ccccc3c3cc(-c4ccc5c(c4)c4ccccc4n5-c4ccc5oc6ccccc6c5c4)ccc32)cc1. The van der Waals surface area contributed by atoms with Crippen LogP contribution in [0.5, 0.6) is 0 Å². The third-order valence-corrected chi connectivity index (χ3v) is 10.3. The van der Waals surface area contributed by atoms with E-state index in [0.717, 1.165) is 27.6 Å². The zero-order valence-corrected chi connectivity index (χ0v) is 27.7. The highest BCUT2D eigenvalue weighted by Gasteiger charge is 2.18. The molecule has 3 heteroatoms. The second-order valence-electron chi connectivity index (χ2n) is 14.2. The number of aromatic nitrogens is 2. The van der Waals surface area contributed by atoms with Gasteiger partial charge in [-0.25, -0.2) is 0 Å². The number of hydrogen-bond acceptors (Lipinski definition) is 1. The van der Waals surface area contributed by atoms with Crippen LogP contribution in [0.1, 0.15) is 26.3 Å². The predicted octanol–water partition coefficient (Wildman–Crippen LogP) is 12.7. The van der Waals surface area contributed by atoms with E-state index in [9.17, 15) is 0 Å². The van der Waals surface area contributed by atoms with Crippen molar-refractivity contribution in [3.63, 3.8) is 0 Å². The van der Waals surface area contributed by atoms with Crippen molar-refractivity contribution in [1.29, 1.82) is 0 Å². The Morgan fingerprint density at radius 2 is 0.878 bits per heavy atom. The number of rotatable bonds is 3. The molecule has 0 aliphatic carbocycles. The first-order valence-electron chi connectivity index (χ1n) is 17.0. The van der Waals surface area contributed by atoms with E-state index in [2.05, 4.69) is 169 Å². The molecule has 0 atom stereocenters. The van der Waals surface area contributed by atoms with Crippen molar-refractivity contribution in [2.75, 3.05) is 0 Å². The zero-order valence-electron chi connectivity index (χ0n) is 27.7. The van der Waals surface area contributed by atoms with Crippen molar-refractivity contribution in [2.24, 2.45) is 0 Å². The highest BCUT2D eigenvalue weighted by molar-refractivity contribution is 6.13. The van der Waals surface area contributed by atoms with Crippen molar-refractivity contribution < 1.29 is 4.42 Å². The fourth-order valence-electron chi connectivity index (χ4n) is 7.82. The first-order chi connectivity index (χ1) is 23.9. The molecule has 0 unspecified atom stereocenters. The Kier molecular flexibility index (Phi) is 5.84. The van der Waals surface area contributed by atoms with Gasteiger partial charge < -0.3 is 13.6 Å². The van der Waals surface area contributed by atoms with Crippen LogP contribution in [0.3, 0.4) is 0 Å².